The molecule has 1 saturated heterocycles. The van der Waals surface area contributed by atoms with E-state index in [4.69, 9.17) is 4.74 Å². The molecule has 1 aliphatic rings. The van der Waals surface area contributed by atoms with E-state index in [1.54, 1.807) is 0 Å². The first-order chi connectivity index (χ1) is 9.17. The molecule has 19 heavy (non-hydrogen) atoms. The minimum Gasteiger partial charge on any atom is -0.386 e. The molecule has 0 radical (unpaired) electrons. The van der Waals surface area contributed by atoms with E-state index >= 15 is 0 Å². The van der Waals surface area contributed by atoms with Crippen LogP contribution in [0.2, 0.25) is 0 Å². The van der Waals surface area contributed by atoms with Crippen molar-refractivity contribution in [1.82, 2.24) is 0 Å². The minimum absolute atomic E-state index is 0.476. The lowest BCUT2D eigenvalue weighted by atomic mass is 10.1. The van der Waals surface area contributed by atoms with Crippen molar-refractivity contribution in [1.29, 1.82) is 0 Å². The Bertz CT molecular complexity index is 456. The third kappa shape index (κ3) is 2.78. The number of rotatable bonds is 4. The first-order valence-corrected chi connectivity index (χ1v) is 6.36. The van der Waals surface area contributed by atoms with E-state index in [1.165, 1.54) is 0 Å². The summed E-state index contributed by atoms with van der Waals surface area (Å²) in [5.41, 5.74) is 3.28. The zero-order valence-corrected chi connectivity index (χ0v) is 11.6. The van der Waals surface area contributed by atoms with Gasteiger partial charge in [0.05, 0.1) is 30.3 Å². The molecule has 0 amide bonds. The number of morpholine rings is 1. The fourth-order valence-corrected chi connectivity index (χ4v) is 2.27. The number of nitrogens with one attached hydrogen (secondary N) is 1. The van der Waals surface area contributed by atoms with Gasteiger partial charge in [0.15, 0.2) is 0 Å². The molecule has 0 aliphatic carbocycles. The quantitative estimate of drug-likeness (QED) is 0.843. The van der Waals surface area contributed by atoms with Crippen LogP contribution in [0.1, 0.15) is 0 Å². The lowest BCUT2D eigenvalue weighted by Crippen LogP contribution is -2.36. The Balaban J connectivity index is 2.44. The maximum absolute atomic E-state index is 11.1. The molecule has 104 valence electrons. The summed E-state index contributed by atoms with van der Waals surface area (Å²) in [5.74, 6) is 0. The number of nitroso groups, excluding NO2 is 1. The van der Waals surface area contributed by atoms with Crippen LogP contribution in [0.4, 0.5) is 22.7 Å². The van der Waals surface area contributed by atoms with Crippen molar-refractivity contribution in [2.45, 2.75) is 0 Å². The van der Waals surface area contributed by atoms with Crippen molar-refractivity contribution in [3.05, 3.63) is 17.0 Å². The first kappa shape index (κ1) is 13.6. The summed E-state index contributed by atoms with van der Waals surface area (Å²) >= 11 is 0. The highest BCUT2D eigenvalue weighted by atomic mass is 16.5. The third-order valence-electron chi connectivity index (χ3n) is 3.29. The van der Waals surface area contributed by atoms with E-state index in [0.29, 0.717) is 18.9 Å². The minimum atomic E-state index is 0.476. The van der Waals surface area contributed by atoms with Gasteiger partial charge in [-0.2, -0.15) is 0 Å². The lowest BCUT2D eigenvalue weighted by molar-refractivity contribution is 0.123. The predicted octanol–water partition coefficient (Wildman–Crippen LogP) is 2.03. The SMILES string of the molecule is CNc1cc(N2CCOCC2)c(N=O)cc1N(C)C. The van der Waals surface area contributed by atoms with Crippen molar-refractivity contribution in [2.75, 3.05) is 62.6 Å². The molecule has 0 saturated carbocycles. The van der Waals surface area contributed by atoms with E-state index in [0.717, 1.165) is 30.2 Å². The number of ether oxygens (including phenoxy) is 1. The van der Waals surface area contributed by atoms with Crippen molar-refractivity contribution in [2.24, 2.45) is 5.18 Å². The van der Waals surface area contributed by atoms with Gasteiger partial charge in [0.1, 0.15) is 5.69 Å². The molecule has 0 unspecified atom stereocenters. The van der Waals surface area contributed by atoms with E-state index in [9.17, 15) is 4.91 Å². The van der Waals surface area contributed by atoms with Crippen LogP contribution in [0.3, 0.4) is 0 Å². The maximum Gasteiger partial charge on any atom is 0.133 e. The summed E-state index contributed by atoms with van der Waals surface area (Å²) in [7, 11) is 5.76. The van der Waals surface area contributed by atoms with Gasteiger partial charge in [-0.3, -0.25) is 0 Å². The third-order valence-corrected chi connectivity index (χ3v) is 3.29. The van der Waals surface area contributed by atoms with Crippen molar-refractivity contribution in [3.8, 4) is 0 Å². The fraction of sp³-hybridized carbons (Fsp3) is 0.538. The molecule has 1 aromatic carbocycles. The Morgan fingerprint density at radius 1 is 1.32 bits per heavy atom. The first-order valence-electron chi connectivity index (χ1n) is 6.36. The lowest BCUT2D eigenvalue weighted by Gasteiger charge is -2.30. The standard InChI is InChI=1S/C13H20N4O2/c1-14-10-8-13(17-4-6-19-7-5-17)11(15-18)9-12(10)16(2)3/h8-9,14H,4-7H2,1-3H3. The number of nitrogens with zero attached hydrogens (tertiary/aromatic N) is 3. The van der Waals surface area contributed by atoms with Crippen LogP contribution in [0.5, 0.6) is 0 Å². The molecule has 2 rings (SSSR count). The molecule has 0 atom stereocenters. The predicted molar refractivity (Wildman–Crippen MR) is 78.8 cm³/mol. The Morgan fingerprint density at radius 3 is 2.53 bits per heavy atom. The molecule has 1 heterocycles. The van der Waals surface area contributed by atoms with Crippen LogP contribution in [-0.4, -0.2) is 47.4 Å². The molecule has 6 nitrogen and oxygen atoms in total. The summed E-state index contributed by atoms with van der Waals surface area (Å²) in [6.07, 6.45) is 0. The van der Waals surface area contributed by atoms with Crippen LogP contribution in [-0.2, 0) is 4.74 Å². The highest BCUT2D eigenvalue weighted by molar-refractivity contribution is 5.83. The van der Waals surface area contributed by atoms with E-state index in [1.807, 2.05) is 38.2 Å². The monoisotopic (exact) mass is 264 g/mol. The number of hydrogen-bond donors (Lipinski definition) is 1. The topological polar surface area (TPSA) is 57.2 Å². The molecular formula is C13H20N4O2. The number of anilines is 3. The van der Waals surface area contributed by atoms with Gasteiger partial charge in [0.25, 0.3) is 0 Å². The zero-order valence-electron chi connectivity index (χ0n) is 11.6. The second-order valence-corrected chi connectivity index (χ2v) is 4.69. The van der Waals surface area contributed by atoms with Gasteiger partial charge < -0.3 is 19.9 Å². The molecule has 1 aromatic rings. The van der Waals surface area contributed by atoms with E-state index in [2.05, 4.69) is 15.4 Å². The fourth-order valence-electron chi connectivity index (χ4n) is 2.27. The zero-order chi connectivity index (χ0) is 13.8. The van der Waals surface area contributed by atoms with Gasteiger partial charge in [-0.1, -0.05) is 0 Å². The Kier molecular flexibility index (Phi) is 4.21. The Hall–Kier alpha value is -1.82. The molecular weight excluding hydrogens is 244 g/mol. The van der Waals surface area contributed by atoms with Gasteiger partial charge in [-0.25, -0.2) is 0 Å². The van der Waals surface area contributed by atoms with Crippen molar-refractivity contribution in [3.63, 3.8) is 0 Å². The van der Waals surface area contributed by atoms with Crippen LogP contribution in [0.15, 0.2) is 17.3 Å². The van der Waals surface area contributed by atoms with Gasteiger partial charge in [0, 0.05) is 34.2 Å². The van der Waals surface area contributed by atoms with Crippen molar-refractivity contribution >= 4 is 22.7 Å². The smallest absolute Gasteiger partial charge is 0.133 e. The average molecular weight is 264 g/mol. The van der Waals surface area contributed by atoms with E-state index < -0.39 is 0 Å². The largest absolute Gasteiger partial charge is 0.386 e. The second kappa shape index (κ2) is 5.88. The summed E-state index contributed by atoms with van der Waals surface area (Å²) < 4.78 is 5.34. The Labute approximate surface area is 113 Å². The highest BCUT2D eigenvalue weighted by Crippen LogP contribution is 2.38. The highest BCUT2D eigenvalue weighted by Gasteiger charge is 2.18. The number of benzene rings is 1. The molecule has 0 spiro atoms. The van der Waals surface area contributed by atoms with Crippen LogP contribution >= 0.6 is 0 Å². The summed E-state index contributed by atoms with van der Waals surface area (Å²) in [6, 6.07) is 3.81. The summed E-state index contributed by atoms with van der Waals surface area (Å²) in [6.45, 7) is 2.94. The van der Waals surface area contributed by atoms with Crippen LogP contribution in [0, 0.1) is 4.91 Å². The van der Waals surface area contributed by atoms with Gasteiger partial charge >= 0.3 is 0 Å². The normalized spacial score (nSPS) is 15.2. The van der Waals surface area contributed by atoms with Crippen LogP contribution < -0.4 is 15.1 Å². The summed E-state index contributed by atoms with van der Waals surface area (Å²) in [4.78, 5) is 15.2. The second-order valence-electron chi connectivity index (χ2n) is 4.69. The molecule has 0 aromatic heterocycles. The molecule has 1 aliphatic heterocycles. The molecule has 0 bridgehead atoms. The van der Waals surface area contributed by atoms with Crippen molar-refractivity contribution < 1.29 is 4.74 Å². The van der Waals surface area contributed by atoms with E-state index in [-0.39, 0.29) is 0 Å². The van der Waals surface area contributed by atoms with Crippen LogP contribution in [0.25, 0.3) is 0 Å². The average Bonchev–Trinajstić information content (AvgIpc) is 2.46. The number of hydrogen-bond acceptors (Lipinski definition) is 6. The van der Waals surface area contributed by atoms with Gasteiger partial charge in [-0.05, 0) is 17.3 Å². The maximum atomic E-state index is 11.1. The molecule has 6 heteroatoms. The summed E-state index contributed by atoms with van der Waals surface area (Å²) in [5, 5.41) is 6.34. The Morgan fingerprint density at radius 2 is 2.00 bits per heavy atom. The van der Waals surface area contributed by atoms with Gasteiger partial charge in [0.2, 0.25) is 0 Å². The molecule has 1 fully saturated rings. The van der Waals surface area contributed by atoms with Gasteiger partial charge in [-0.15, -0.1) is 4.91 Å². The molecule has 1 N–H and O–H groups in total.